The zero-order valence-electron chi connectivity index (χ0n) is 8.97. The molecule has 0 aromatic carbocycles. The molecule has 1 unspecified atom stereocenters. The molecule has 1 fully saturated rings. The quantitative estimate of drug-likeness (QED) is 0.799. The van der Waals surface area contributed by atoms with Crippen molar-refractivity contribution in [1.82, 2.24) is 4.90 Å². The van der Waals surface area contributed by atoms with E-state index in [0.29, 0.717) is 13.1 Å². The van der Waals surface area contributed by atoms with Crippen molar-refractivity contribution in [3.8, 4) is 0 Å². The van der Waals surface area contributed by atoms with E-state index in [0.717, 1.165) is 5.75 Å². The first-order valence-corrected chi connectivity index (χ1v) is 5.89. The first-order valence-electron chi connectivity index (χ1n) is 4.91. The van der Waals surface area contributed by atoms with Crippen LogP contribution in [-0.4, -0.2) is 47.3 Å². The van der Waals surface area contributed by atoms with E-state index in [1.165, 1.54) is 4.90 Å². The van der Waals surface area contributed by atoms with Crippen molar-refractivity contribution < 1.29 is 13.2 Å². The lowest BCUT2D eigenvalue weighted by molar-refractivity contribution is -0.181. The largest absolute Gasteiger partial charge is 0.405 e. The van der Waals surface area contributed by atoms with Crippen LogP contribution < -0.4 is 5.73 Å². The molecule has 0 aromatic heterocycles. The Labute approximate surface area is 92.4 Å². The number of halogens is 3. The van der Waals surface area contributed by atoms with Crippen molar-refractivity contribution in [2.75, 3.05) is 25.4 Å². The standard InChI is InChI=1S/C9H17F3N2S/c1-8(2)6-14(3-4-15-8)7(5-13)9(10,11)12/h7H,3-6,13H2,1-2H3. The first kappa shape index (κ1) is 13.1. The van der Waals surface area contributed by atoms with E-state index in [9.17, 15) is 13.2 Å². The van der Waals surface area contributed by atoms with E-state index in [4.69, 9.17) is 5.73 Å². The van der Waals surface area contributed by atoms with Crippen molar-refractivity contribution in [3.63, 3.8) is 0 Å². The summed E-state index contributed by atoms with van der Waals surface area (Å²) in [5.74, 6) is 0.736. The number of nitrogens with two attached hydrogens (primary N) is 1. The zero-order valence-corrected chi connectivity index (χ0v) is 9.79. The van der Waals surface area contributed by atoms with Crippen molar-refractivity contribution in [3.05, 3.63) is 0 Å². The molecular weight excluding hydrogens is 225 g/mol. The van der Waals surface area contributed by atoms with Gasteiger partial charge < -0.3 is 5.73 Å². The summed E-state index contributed by atoms with van der Waals surface area (Å²) >= 11 is 1.71. The minimum Gasteiger partial charge on any atom is -0.329 e. The maximum atomic E-state index is 12.6. The van der Waals surface area contributed by atoms with Gasteiger partial charge in [-0.3, -0.25) is 4.90 Å². The van der Waals surface area contributed by atoms with E-state index in [1.54, 1.807) is 11.8 Å². The molecule has 0 spiro atoms. The van der Waals surface area contributed by atoms with Crippen LogP contribution in [0.2, 0.25) is 0 Å². The molecular formula is C9H17F3N2S. The van der Waals surface area contributed by atoms with Crippen LogP contribution in [0.4, 0.5) is 13.2 Å². The highest BCUT2D eigenvalue weighted by molar-refractivity contribution is 8.00. The van der Waals surface area contributed by atoms with Gasteiger partial charge >= 0.3 is 6.18 Å². The number of hydrogen-bond acceptors (Lipinski definition) is 3. The van der Waals surface area contributed by atoms with Crippen LogP contribution in [0, 0.1) is 0 Å². The Bertz CT molecular complexity index is 218. The smallest absolute Gasteiger partial charge is 0.329 e. The van der Waals surface area contributed by atoms with Gasteiger partial charge in [-0.05, 0) is 13.8 Å². The SMILES string of the molecule is CC1(C)CN(C(CN)C(F)(F)F)CCS1. The highest BCUT2D eigenvalue weighted by Gasteiger charge is 2.44. The summed E-state index contributed by atoms with van der Waals surface area (Å²) in [6.07, 6.45) is -4.22. The van der Waals surface area contributed by atoms with Crippen molar-refractivity contribution in [2.45, 2.75) is 30.8 Å². The summed E-state index contributed by atoms with van der Waals surface area (Å²) < 4.78 is 37.8. The van der Waals surface area contributed by atoms with E-state index in [-0.39, 0.29) is 11.3 Å². The van der Waals surface area contributed by atoms with Crippen molar-refractivity contribution >= 4 is 11.8 Å². The molecule has 0 bridgehead atoms. The van der Waals surface area contributed by atoms with Gasteiger partial charge in [0.2, 0.25) is 0 Å². The second kappa shape index (κ2) is 4.51. The molecule has 2 nitrogen and oxygen atoms in total. The predicted octanol–water partition coefficient (Wildman–Crippen LogP) is 1.70. The predicted molar refractivity (Wildman–Crippen MR) is 57.0 cm³/mol. The highest BCUT2D eigenvalue weighted by atomic mass is 32.2. The Kier molecular flexibility index (Phi) is 3.95. The summed E-state index contributed by atoms with van der Waals surface area (Å²) in [6.45, 7) is 4.49. The molecule has 1 aliphatic heterocycles. The molecule has 0 aliphatic carbocycles. The van der Waals surface area contributed by atoms with Gasteiger partial charge in [0.1, 0.15) is 6.04 Å². The average Bonchev–Trinajstić information content (AvgIpc) is 2.00. The number of nitrogens with zero attached hydrogens (tertiary/aromatic N) is 1. The van der Waals surface area contributed by atoms with Crippen LogP contribution in [0.5, 0.6) is 0 Å². The Morgan fingerprint density at radius 1 is 1.47 bits per heavy atom. The third-order valence-corrected chi connectivity index (χ3v) is 3.79. The number of rotatable bonds is 2. The lowest BCUT2D eigenvalue weighted by Crippen LogP contribution is -2.56. The molecule has 90 valence electrons. The lowest BCUT2D eigenvalue weighted by Gasteiger charge is -2.41. The maximum absolute atomic E-state index is 12.6. The monoisotopic (exact) mass is 242 g/mol. The van der Waals surface area contributed by atoms with Crippen LogP contribution in [0.25, 0.3) is 0 Å². The molecule has 1 atom stereocenters. The molecule has 2 N–H and O–H groups in total. The zero-order chi connectivity index (χ0) is 11.7. The molecule has 0 radical (unpaired) electrons. The summed E-state index contributed by atoms with van der Waals surface area (Å²) in [4.78, 5) is 1.45. The molecule has 0 amide bonds. The molecule has 0 aromatic rings. The van der Waals surface area contributed by atoms with Gasteiger partial charge in [0.05, 0.1) is 0 Å². The molecule has 1 heterocycles. The van der Waals surface area contributed by atoms with Crippen molar-refractivity contribution in [2.24, 2.45) is 5.73 Å². The fraction of sp³-hybridized carbons (Fsp3) is 1.00. The highest BCUT2D eigenvalue weighted by Crippen LogP contribution is 2.33. The second-order valence-electron chi connectivity index (χ2n) is 4.37. The van der Waals surface area contributed by atoms with Crippen LogP contribution in [0.3, 0.4) is 0 Å². The minimum atomic E-state index is -4.22. The maximum Gasteiger partial charge on any atom is 0.405 e. The van der Waals surface area contributed by atoms with E-state index in [1.807, 2.05) is 13.8 Å². The number of hydrogen-bond donors (Lipinski definition) is 1. The third kappa shape index (κ3) is 3.53. The van der Waals surface area contributed by atoms with Gasteiger partial charge in [-0.15, -0.1) is 0 Å². The summed E-state index contributed by atoms with van der Waals surface area (Å²) in [5, 5.41) is 0. The van der Waals surface area contributed by atoms with Gasteiger partial charge in [0, 0.05) is 30.1 Å². The van der Waals surface area contributed by atoms with Crippen LogP contribution >= 0.6 is 11.8 Å². The Morgan fingerprint density at radius 2 is 2.07 bits per heavy atom. The second-order valence-corrected chi connectivity index (χ2v) is 6.17. The molecule has 6 heteroatoms. The Hall–Kier alpha value is 0.0600. The van der Waals surface area contributed by atoms with Crippen LogP contribution in [0.15, 0.2) is 0 Å². The molecule has 1 rings (SSSR count). The summed E-state index contributed by atoms with van der Waals surface area (Å²) in [6, 6.07) is -1.49. The normalized spacial score (nSPS) is 25.2. The van der Waals surface area contributed by atoms with Gasteiger partial charge in [-0.1, -0.05) is 0 Å². The Morgan fingerprint density at radius 3 is 2.47 bits per heavy atom. The number of alkyl halides is 3. The average molecular weight is 242 g/mol. The molecule has 15 heavy (non-hydrogen) atoms. The fourth-order valence-corrected chi connectivity index (χ4v) is 2.94. The topological polar surface area (TPSA) is 29.3 Å². The molecule has 0 saturated carbocycles. The first-order chi connectivity index (χ1) is 6.76. The van der Waals surface area contributed by atoms with Gasteiger partial charge in [-0.25, -0.2) is 0 Å². The van der Waals surface area contributed by atoms with E-state index < -0.39 is 12.2 Å². The molecule has 1 aliphatic rings. The Balaban J connectivity index is 2.69. The van der Waals surface area contributed by atoms with E-state index >= 15 is 0 Å². The molecule has 1 saturated heterocycles. The summed E-state index contributed by atoms with van der Waals surface area (Å²) in [5.41, 5.74) is 5.21. The number of thioether (sulfide) groups is 1. The van der Waals surface area contributed by atoms with Crippen molar-refractivity contribution in [1.29, 1.82) is 0 Å². The van der Waals surface area contributed by atoms with Gasteiger partial charge in [0.25, 0.3) is 0 Å². The van der Waals surface area contributed by atoms with Gasteiger partial charge in [-0.2, -0.15) is 24.9 Å². The minimum absolute atomic E-state index is 0.114. The lowest BCUT2D eigenvalue weighted by atomic mass is 10.1. The van der Waals surface area contributed by atoms with E-state index in [2.05, 4.69) is 0 Å². The third-order valence-electron chi connectivity index (χ3n) is 2.50. The van der Waals surface area contributed by atoms with Crippen LogP contribution in [-0.2, 0) is 0 Å². The van der Waals surface area contributed by atoms with Gasteiger partial charge in [0.15, 0.2) is 0 Å². The van der Waals surface area contributed by atoms with Crippen LogP contribution in [0.1, 0.15) is 13.8 Å². The fourth-order valence-electron chi connectivity index (χ4n) is 1.81. The summed E-state index contributed by atoms with van der Waals surface area (Å²) in [7, 11) is 0.